The molecule has 0 aliphatic carbocycles. The van der Waals surface area contributed by atoms with Crippen molar-refractivity contribution < 1.29 is 22.3 Å². The number of sulfonamides is 1. The first-order valence-electron chi connectivity index (χ1n) is 7.60. The van der Waals surface area contributed by atoms with Crippen molar-refractivity contribution in [2.75, 3.05) is 20.2 Å². The molecule has 2 aromatic carbocycles. The molecule has 1 heterocycles. The highest BCUT2D eigenvalue weighted by Gasteiger charge is 2.37. The van der Waals surface area contributed by atoms with Crippen molar-refractivity contribution in [3.63, 3.8) is 0 Å². The van der Waals surface area contributed by atoms with Crippen LogP contribution in [0.4, 0.5) is 4.39 Å². The zero-order valence-corrected chi connectivity index (χ0v) is 15.1. The first kappa shape index (κ1) is 18.1. The molecule has 134 valence electrons. The number of halogens is 2. The summed E-state index contributed by atoms with van der Waals surface area (Å²) in [6.07, 6.45) is -0.216. The Morgan fingerprint density at radius 1 is 1.20 bits per heavy atom. The topological polar surface area (TPSA) is 55.8 Å². The van der Waals surface area contributed by atoms with E-state index in [4.69, 9.17) is 21.1 Å². The van der Waals surface area contributed by atoms with Crippen molar-refractivity contribution in [2.24, 2.45) is 0 Å². The molecule has 0 saturated carbocycles. The Hall–Kier alpha value is -1.67. The van der Waals surface area contributed by atoms with Gasteiger partial charge in [0.15, 0.2) is 11.6 Å². The molecule has 0 N–H and O–H groups in total. The number of hydrogen-bond donors (Lipinski definition) is 0. The third-order valence-electron chi connectivity index (χ3n) is 3.97. The molecule has 0 unspecified atom stereocenters. The van der Waals surface area contributed by atoms with Gasteiger partial charge in [-0.15, -0.1) is 0 Å². The summed E-state index contributed by atoms with van der Waals surface area (Å²) < 4.78 is 50.3. The predicted octanol–water partition coefficient (Wildman–Crippen LogP) is 3.08. The van der Waals surface area contributed by atoms with Crippen LogP contribution in [0.15, 0.2) is 47.4 Å². The Balaban J connectivity index is 1.54. The Kier molecular flexibility index (Phi) is 5.29. The summed E-state index contributed by atoms with van der Waals surface area (Å²) >= 11 is 5.78. The second kappa shape index (κ2) is 7.29. The predicted molar refractivity (Wildman–Crippen MR) is 91.7 cm³/mol. The summed E-state index contributed by atoms with van der Waals surface area (Å²) in [7, 11) is -2.13. The van der Waals surface area contributed by atoms with Crippen LogP contribution in [0.5, 0.6) is 5.75 Å². The number of hydrogen-bond acceptors (Lipinski definition) is 4. The maximum atomic E-state index is 13.6. The van der Waals surface area contributed by atoms with Gasteiger partial charge in [0.1, 0.15) is 0 Å². The van der Waals surface area contributed by atoms with E-state index in [0.717, 1.165) is 0 Å². The van der Waals surface area contributed by atoms with E-state index >= 15 is 0 Å². The van der Waals surface area contributed by atoms with Crippen molar-refractivity contribution in [2.45, 2.75) is 17.6 Å². The molecule has 0 amide bonds. The fourth-order valence-electron chi connectivity index (χ4n) is 2.47. The Morgan fingerprint density at radius 3 is 2.48 bits per heavy atom. The Bertz CT molecular complexity index is 851. The molecule has 0 aromatic heterocycles. The summed E-state index contributed by atoms with van der Waals surface area (Å²) in [4.78, 5) is 0.201. The summed E-state index contributed by atoms with van der Waals surface area (Å²) in [5.41, 5.74) is 0.664. The molecule has 3 rings (SSSR count). The van der Waals surface area contributed by atoms with Crippen LogP contribution >= 0.6 is 11.6 Å². The third kappa shape index (κ3) is 3.95. The minimum absolute atomic E-state index is 0.174. The smallest absolute Gasteiger partial charge is 0.243 e. The van der Waals surface area contributed by atoms with Crippen LogP contribution in [0.2, 0.25) is 5.02 Å². The van der Waals surface area contributed by atoms with Gasteiger partial charge in [0.2, 0.25) is 10.0 Å². The molecule has 2 aromatic rings. The zero-order chi connectivity index (χ0) is 18.0. The van der Waals surface area contributed by atoms with Gasteiger partial charge >= 0.3 is 0 Å². The minimum Gasteiger partial charge on any atom is -0.494 e. The van der Waals surface area contributed by atoms with Crippen molar-refractivity contribution in [1.29, 1.82) is 0 Å². The van der Waals surface area contributed by atoms with Crippen LogP contribution in [0, 0.1) is 5.82 Å². The highest BCUT2D eigenvalue weighted by Crippen LogP contribution is 2.25. The van der Waals surface area contributed by atoms with E-state index in [9.17, 15) is 12.8 Å². The molecule has 0 radical (unpaired) electrons. The van der Waals surface area contributed by atoms with Crippen molar-refractivity contribution in [1.82, 2.24) is 4.31 Å². The Morgan fingerprint density at radius 2 is 1.88 bits per heavy atom. The SMILES string of the molecule is COc1ccc(COC2CN(S(=O)(=O)c3ccc(Cl)cc3)C2)cc1F. The number of benzene rings is 2. The molecule has 0 atom stereocenters. The Labute approximate surface area is 151 Å². The molecule has 0 bridgehead atoms. The van der Waals surface area contributed by atoms with Gasteiger partial charge in [0.05, 0.1) is 24.7 Å². The highest BCUT2D eigenvalue weighted by molar-refractivity contribution is 7.89. The maximum Gasteiger partial charge on any atom is 0.243 e. The van der Waals surface area contributed by atoms with Crippen molar-refractivity contribution in [3.8, 4) is 5.75 Å². The maximum absolute atomic E-state index is 13.6. The zero-order valence-electron chi connectivity index (χ0n) is 13.5. The molecule has 5 nitrogen and oxygen atoms in total. The lowest BCUT2D eigenvalue weighted by Crippen LogP contribution is -2.54. The van der Waals surface area contributed by atoms with E-state index in [2.05, 4.69) is 0 Å². The van der Waals surface area contributed by atoms with Gasteiger partial charge in [0.25, 0.3) is 0 Å². The van der Waals surface area contributed by atoms with Crippen LogP contribution in [-0.4, -0.2) is 39.0 Å². The second-order valence-corrected chi connectivity index (χ2v) is 8.05. The van der Waals surface area contributed by atoms with Crippen LogP contribution in [-0.2, 0) is 21.4 Å². The lowest BCUT2D eigenvalue weighted by atomic mass is 10.2. The molecule has 8 heteroatoms. The molecule has 1 fully saturated rings. The normalized spacial score (nSPS) is 15.8. The van der Waals surface area contributed by atoms with Crippen molar-refractivity contribution in [3.05, 3.63) is 58.9 Å². The highest BCUT2D eigenvalue weighted by atomic mass is 35.5. The summed E-state index contributed by atoms with van der Waals surface area (Å²) in [5.74, 6) is -0.281. The second-order valence-electron chi connectivity index (χ2n) is 5.68. The van der Waals surface area contributed by atoms with E-state index in [1.54, 1.807) is 18.2 Å². The quantitative estimate of drug-likeness (QED) is 0.766. The lowest BCUT2D eigenvalue weighted by molar-refractivity contribution is -0.0296. The summed E-state index contributed by atoms with van der Waals surface area (Å²) in [5, 5.41) is 0.482. The first-order chi connectivity index (χ1) is 11.9. The van der Waals surface area contributed by atoms with E-state index < -0.39 is 15.8 Å². The fourth-order valence-corrected chi connectivity index (χ4v) is 4.10. The average Bonchev–Trinajstić information content (AvgIpc) is 2.53. The van der Waals surface area contributed by atoms with Gasteiger partial charge in [-0.3, -0.25) is 0 Å². The summed E-state index contributed by atoms with van der Waals surface area (Å²) in [6, 6.07) is 10.6. The molecular formula is C17H17ClFNO4S. The van der Waals surface area contributed by atoms with Crippen molar-refractivity contribution >= 4 is 21.6 Å². The van der Waals surface area contributed by atoms with E-state index in [-0.39, 0.29) is 36.4 Å². The molecule has 1 aliphatic heterocycles. The number of ether oxygens (including phenoxy) is 2. The van der Waals surface area contributed by atoms with Crippen LogP contribution in [0.3, 0.4) is 0 Å². The molecule has 25 heavy (non-hydrogen) atoms. The van der Waals surface area contributed by atoms with Gasteiger partial charge in [-0.2, -0.15) is 4.31 Å². The number of nitrogens with zero attached hydrogens (tertiary/aromatic N) is 1. The van der Waals surface area contributed by atoms with Gasteiger partial charge in [-0.25, -0.2) is 12.8 Å². The van der Waals surface area contributed by atoms with Crippen LogP contribution in [0.25, 0.3) is 0 Å². The van der Waals surface area contributed by atoms with Gasteiger partial charge < -0.3 is 9.47 Å². The summed E-state index contributed by atoms with van der Waals surface area (Å²) in [6.45, 7) is 0.744. The number of rotatable bonds is 6. The van der Waals surface area contributed by atoms with Crippen LogP contribution < -0.4 is 4.74 Å². The molecule has 0 spiro atoms. The molecule has 1 aliphatic rings. The van der Waals surface area contributed by atoms with E-state index in [1.165, 1.54) is 35.7 Å². The average molecular weight is 386 g/mol. The van der Waals surface area contributed by atoms with Gasteiger partial charge in [-0.05, 0) is 42.0 Å². The third-order valence-corrected chi connectivity index (χ3v) is 6.07. The van der Waals surface area contributed by atoms with E-state index in [0.29, 0.717) is 10.6 Å². The van der Waals surface area contributed by atoms with Gasteiger partial charge in [0, 0.05) is 18.1 Å². The fraction of sp³-hybridized carbons (Fsp3) is 0.294. The van der Waals surface area contributed by atoms with Crippen LogP contribution in [0.1, 0.15) is 5.56 Å². The lowest BCUT2D eigenvalue weighted by Gasteiger charge is -2.37. The minimum atomic E-state index is -3.53. The van der Waals surface area contributed by atoms with E-state index in [1.807, 2.05) is 0 Å². The largest absolute Gasteiger partial charge is 0.494 e. The standard InChI is InChI=1S/C17H17ClFNO4S/c1-23-17-7-2-12(8-16(17)19)11-24-14-9-20(10-14)25(21,22)15-5-3-13(18)4-6-15/h2-8,14H,9-11H2,1H3. The van der Waals surface area contributed by atoms with Gasteiger partial charge in [-0.1, -0.05) is 17.7 Å². The number of methoxy groups -OCH3 is 1. The molecule has 1 saturated heterocycles. The molecular weight excluding hydrogens is 369 g/mol. The monoisotopic (exact) mass is 385 g/mol. The first-order valence-corrected chi connectivity index (χ1v) is 9.41.